The Hall–Kier alpha value is -1.65. The summed E-state index contributed by atoms with van der Waals surface area (Å²) in [5, 5.41) is 14.7. The Morgan fingerprint density at radius 3 is 2.45 bits per heavy atom. The number of nitrogens with zero attached hydrogens (tertiary/aromatic N) is 1. The van der Waals surface area contributed by atoms with Crippen LogP contribution in [-0.4, -0.2) is 42.1 Å². The minimum Gasteiger partial charge on any atom is -0.375 e. The maximum absolute atomic E-state index is 13.2. The van der Waals surface area contributed by atoms with Gasteiger partial charge in [-0.3, -0.25) is 4.79 Å². The van der Waals surface area contributed by atoms with Gasteiger partial charge in [-0.15, -0.1) is 0 Å². The first kappa shape index (κ1) is 20.6. The molecule has 2 aliphatic carbocycles. The third-order valence-electron chi connectivity index (χ3n) is 7.45. The number of piperidine rings is 1. The predicted octanol–water partition coefficient (Wildman–Crippen LogP) is 3.71. The third-order valence-corrected chi connectivity index (χ3v) is 7.45. The Labute approximate surface area is 175 Å². The summed E-state index contributed by atoms with van der Waals surface area (Å²) in [5.74, 6) is 1.86. The van der Waals surface area contributed by atoms with E-state index >= 15 is 0 Å². The molecule has 3 fully saturated rings. The van der Waals surface area contributed by atoms with Crippen LogP contribution in [-0.2, 0) is 10.4 Å². The van der Waals surface area contributed by atoms with Crippen molar-refractivity contribution >= 4 is 5.91 Å². The standard InChI is InChI=1S/C25H36N2O2/c1-18(2)9-8-14-27-16-22-21(23(22)17-27)15-26-24(28)25(29,20-12-6-7-13-20)19-10-4-3-5-11-19/h3-5,9-11,20-23,29H,6-8,12-17H2,1-2H3,(H,26,28). The molecule has 2 N–H and O–H groups in total. The number of amides is 1. The first-order valence-electron chi connectivity index (χ1n) is 11.4. The number of hydrogen-bond acceptors (Lipinski definition) is 3. The molecule has 29 heavy (non-hydrogen) atoms. The molecule has 0 aromatic heterocycles. The highest BCUT2D eigenvalue weighted by atomic mass is 16.3. The number of likely N-dealkylation sites (tertiary alicyclic amines) is 1. The summed E-state index contributed by atoms with van der Waals surface area (Å²) in [6, 6.07) is 9.56. The van der Waals surface area contributed by atoms with Gasteiger partial charge in [0.1, 0.15) is 0 Å². The Morgan fingerprint density at radius 2 is 1.83 bits per heavy atom. The minimum atomic E-state index is -1.39. The van der Waals surface area contributed by atoms with Crippen LogP contribution >= 0.6 is 0 Å². The summed E-state index contributed by atoms with van der Waals surface area (Å²) in [5.41, 5.74) is 0.743. The van der Waals surface area contributed by atoms with Crippen molar-refractivity contribution in [2.24, 2.45) is 23.7 Å². The van der Waals surface area contributed by atoms with Gasteiger partial charge < -0.3 is 15.3 Å². The zero-order valence-electron chi connectivity index (χ0n) is 17.9. The maximum Gasteiger partial charge on any atom is 0.256 e. The van der Waals surface area contributed by atoms with E-state index in [2.05, 4.69) is 30.1 Å². The third kappa shape index (κ3) is 4.29. The summed E-state index contributed by atoms with van der Waals surface area (Å²) in [6.45, 7) is 8.48. The lowest BCUT2D eigenvalue weighted by Gasteiger charge is -2.33. The van der Waals surface area contributed by atoms with E-state index in [-0.39, 0.29) is 11.8 Å². The lowest BCUT2D eigenvalue weighted by atomic mass is 9.79. The highest BCUT2D eigenvalue weighted by molar-refractivity contribution is 5.86. The number of carbonyl (C=O) groups excluding carboxylic acids is 1. The molecule has 1 amide bonds. The monoisotopic (exact) mass is 396 g/mol. The number of nitrogens with one attached hydrogen (secondary N) is 1. The Balaban J connectivity index is 1.31. The number of hydrogen-bond donors (Lipinski definition) is 2. The van der Waals surface area contributed by atoms with Gasteiger partial charge in [-0.1, -0.05) is 54.8 Å². The second-order valence-corrected chi connectivity index (χ2v) is 9.65. The van der Waals surface area contributed by atoms with Gasteiger partial charge in [0.05, 0.1) is 0 Å². The second-order valence-electron chi connectivity index (χ2n) is 9.65. The molecular formula is C25H36N2O2. The Kier molecular flexibility index (Phi) is 6.12. The number of aliphatic hydroxyl groups is 1. The molecule has 4 heteroatoms. The van der Waals surface area contributed by atoms with E-state index in [9.17, 15) is 9.90 Å². The van der Waals surface area contributed by atoms with Gasteiger partial charge in [0, 0.05) is 32.1 Å². The van der Waals surface area contributed by atoms with Crippen LogP contribution in [0.4, 0.5) is 0 Å². The number of rotatable bonds is 8. The minimum absolute atomic E-state index is 0.0224. The van der Waals surface area contributed by atoms with Gasteiger partial charge in [-0.2, -0.15) is 0 Å². The van der Waals surface area contributed by atoms with Gasteiger partial charge in [0.2, 0.25) is 0 Å². The largest absolute Gasteiger partial charge is 0.375 e. The number of allylic oxidation sites excluding steroid dienone is 1. The van der Waals surface area contributed by atoms with Crippen molar-refractivity contribution in [1.82, 2.24) is 10.2 Å². The molecule has 3 unspecified atom stereocenters. The number of fused-ring (bicyclic) bond motifs is 1. The van der Waals surface area contributed by atoms with Crippen molar-refractivity contribution in [1.29, 1.82) is 0 Å². The van der Waals surface area contributed by atoms with E-state index in [1.165, 1.54) is 5.57 Å². The first-order chi connectivity index (χ1) is 14.0. The van der Waals surface area contributed by atoms with Gasteiger partial charge in [-0.25, -0.2) is 0 Å². The van der Waals surface area contributed by atoms with Crippen LogP contribution < -0.4 is 5.32 Å². The maximum atomic E-state index is 13.2. The Bertz CT molecular complexity index is 724. The quantitative estimate of drug-likeness (QED) is 0.659. The molecule has 0 bridgehead atoms. The van der Waals surface area contributed by atoms with Crippen LogP contribution in [0.5, 0.6) is 0 Å². The van der Waals surface area contributed by atoms with E-state index in [1.54, 1.807) is 0 Å². The van der Waals surface area contributed by atoms with Gasteiger partial charge in [0.25, 0.3) is 5.91 Å². The first-order valence-corrected chi connectivity index (χ1v) is 11.4. The summed E-state index contributed by atoms with van der Waals surface area (Å²) in [4.78, 5) is 15.8. The average molecular weight is 397 g/mol. The molecule has 1 aromatic rings. The number of benzene rings is 1. The van der Waals surface area contributed by atoms with Crippen molar-refractivity contribution < 1.29 is 9.90 Å². The van der Waals surface area contributed by atoms with E-state index in [0.29, 0.717) is 12.5 Å². The zero-order valence-corrected chi connectivity index (χ0v) is 17.9. The van der Waals surface area contributed by atoms with Crippen LogP contribution in [0.15, 0.2) is 42.0 Å². The van der Waals surface area contributed by atoms with Crippen LogP contribution in [0.3, 0.4) is 0 Å². The van der Waals surface area contributed by atoms with Crippen molar-refractivity contribution in [3.8, 4) is 0 Å². The van der Waals surface area contributed by atoms with E-state index in [1.807, 2.05) is 30.3 Å². The fraction of sp³-hybridized carbons (Fsp3) is 0.640. The molecule has 1 saturated heterocycles. The fourth-order valence-corrected chi connectivity index (χ4v) is 5.69. The molecule has 3 atom stereocenters. The lowest BCUT2D eigenvalue weighted by molar-refractivity contribution is -0.147. The van der Waals surface area contributed by atoms with Crippen molar-refractivity contribution in [2.45, 2.75) is 51.6 Å². The molecule has 1 heterocycles. The summed E-state index contributed by atoms with van der Waals surface area (Å²) in [6.07, 6.45) is 7.50. The zero-order chi connectivity index (χ0) is 20.4. The van der Waals surface area contributed by atoms with Crippen LogP contribution in [0.25, 0.3) is 0 Å². The molecule has 2 saturated carbocycles. The summed E-state index contributed by atoms with van der Waals surface area (Å²) in [7, 11) is 0. The van der Waals surface area contributed by atoms with Gasteiger partial charge in [0.15, 0.2) is 5.60 Å². The van der Waals surface area contributed by atoms with E-state index in [4.69, 9.17) is 0 Å². The average Bonchev–Trinajstić information content (AvgIpc) is 3.13. The molecule has 0 radical (unpaired) electrons. The van der Waals surface area contributed by atoms with Gasteiger partial charge >= 0.3 is 0 Å². The molecule has 1 aliphatic heterocycles. The normalized spacial score (nSPS) is 28.6. The van der Waals surface area contributed by atoms with Crippen LogP contribution in [0.1, 0.15) is 51.5 Å². The van der Waals surface area contributed by atoms with Crippen molar-refractivity contribution in [3.05, 3.63) is 47.5 Å². The van der Waals surface area contributed by atoms with Crippen LogP contribution in [0.2, 0.25) is 0 Å². The summed E-state index contributed by atoms with van der Waals surface area (Å²) >= 11 is 0. The van der Waals surface area contributed by atoms with E-state index in [0.717, 1.165) is 69.1 Å². The highest BCUT2D eigenvalue weighted by Gasteiger charge is 2.55. The molecule has 158 valence electrons. The molecule has 0 spiro atoms. The lowest BCUT2D eigenvalue weighted by Crippen LogP contribution is -2.49. The van der Waals surface area contributed by atoms with E-state index < -0.39 is 5.60 Å². The van der Waals surface area contributed by atoms with Crippen LogP contribution in [0, 0.1) is 23.7 Å². The van der Waals surface area contributed by atoms with Gasteiger partial charge in [-0.05, 0) is 56.4 Å². The molecule has 3 aliphatic rings. The van der Waals surface area contributed by atoms with Crippen molar-refractivity contribution in [2.75, 3.05) is 26.2 Å². The summed E-state index contributed by atoms with van der Waals surface area (Å²) < 4.78 is 0. The number of carbonyl (C=O) groups is 1. The molecule has 4 rings (SSSR count). The SMILES string of the molecule is CC(C)=CCCN1CC2C(CNC(=O)C(O)(c3ccccc3)C3CCCC3)C2C1. The molecule has 4 nitrogen and oxygen atoms in total. The highest BCUT2D eigenvalue weighted by Crippen LogP contribution is 2.51. The molecular weight excluding hydrogens is 360 g/mol. The smallest absolute Gasteiger partial charge is 0.256 e. The molecule has 1 aromatic carbocycles. The topological polar surface area (TPSA) is 52.6 Å². The second kappa shape index (κ2) is 8.61. The fourth-order valence-electron chi connectivity index (χ4n) is 5.69. The van der Waals surface area contributed by atoms with Crippen molar-refractivity contribution in [3.63, 3.8) is 0 Å². The predicted molar refractivity (Wildman–Crippen MR) is 116 cm³/mol. The Morgan fingerprint density at radius 1 is 1.17 bits per heavy atom.